The third kappa shape index (κ3) is 3.69. The summed E-state index contributed by atoms with van der Waals surface area (Å²) >= 11 is 6.12. The van der Waals surface area contributed by atoms with Crippen LogP contribution in [-0.2, 0) is 6.54 Å². The molecule has 22 heavy (non-hydrogen) atoms. The van der Waals surface area contributed by atoms with Crippen molar-refractivity contribution in [1.29, 1.82) is 0 Å². The minimum atomic E-state index is -0.0207. The van der Waals surface area contributed by atoms with Crippen molar-refractivity contribution in [3.8, 4) is 0 Å². The number of carbonyl (C=O) groups is 1. The van der Waals surface area contributed by atoms with Crippen LogP contribution in [0.25, 0.3) is 0 Å². The van der Waals surface area contributed by atoms with Crippen LogP contribution in [0, 0.1) is 27.7 Å². The molecule has 2 aromatic rings. The van der Waals surface area contributed by atoms with Crippen LogP contribution < -0.4 is 5.32 Å². The Labute approximate surface area is 136 Å². The van der Waals surface area contributed by atoms with Crippen LogP contribution in [-0.4, -0.2) is 22.2 Å². The standard InChI is InChI=1S/C17H22ClN3O/c1-11-6-7-12(2)15(10-11)17(22)19-8-5-9-21-14(4)16(18)13(3)20-21/h6-7,10H,5,8-9H2,1-4H3,(H,19,22). The molecule has 0 aliphatic carbocycles. The zero-order chi connectivity index (χ0) is 16.3. The Kier molecular flexibility index (Phi) is 5.24. The molecule has 0 saturated heterocycles. The van der Waals surface area contributed by atoms with E-state index in [1.54, 1.807) is 0 Å². The summed E-state index contributed by atoms with van der Waals surface area (Å²) < 4.78 is 1.89. The van der Waals surface area contributed by atoms with Crippen LogP contribution in [0.2, 0.25) is 5.02 Å². The van der Waals surface area contributed by atoms with Crippen molar-refractivity contribution in [3.63, 3.8) is 0 Å². The number of hydrogen-bond acceptors (Lipinski definition) is 2. The molecule has 1 amide bonds. The van der Waals surface area contributed by atoms with Gasteiger partial charge >= 0.3 is 0 Å². The highest BCUT2D eigenvalue weighted by molar-refractivity contribution is 6.31. The number of aromatic nitrogens is 2. The van der Waals surface area contributed by atoms with E-state index in [2.05, 4.69) is 10.4 Å². The summed E-state index contributed by atoms with van der Waals surface area (Å²) in [6, 6.07) is 5.91. The Balaban J connectivity index is 1.87. The van der Waals surface area contributed by atoms with Crippen LogP contribution in [0.4, 0.5) is 0 Å². The van der Waals surface area contributed by atoms with Gasteiger partial charge in [0, 0.05) is 18.7 Å². The normalized spacial score (nSPS) is 10.8. The zero-order valence-electron chi connectivity index (χ0n) is 13.5. The lowest BCUT2D eigenvalue weighted by Gasteiger charge is -2.09. The summed E-state index contributed by atoms with van der Waals surface area (Å²) in [5.41, 5.74) is 4.65. The van der Waals surface area contributed by atoms with E-state index in [9.17, 15) is 4.79 Å². The molecular weight excluding hydrogens is 298 g/mol. The molecule has 1 aromatic carbocycles. The number of carbonyl (C=O) groups excluding carboxylic acids is 1. The van der Waals surface area contributed by atoms with Crippen molar-refractivity contribution < 1.29 is 4.79 Å². The quantitative estimate of drug-likeness (QED) is 0.856. The lowest BCUT2D eigenvalue weighted by atomic mass is 10.1. The lowest BCUT2D eigenvalue weighted by molar-refractivity contribution is 0.0952. The van der Waals surface area contributed by atoms with Gasteiger partial charge in [0.2, 0.25) is 0 Å². The van der Waals surface area contributed by atoms with Gasteiger partial charge in [0.15, 0.2) is 0 Å². The van der Waals surface area contributed by atoms with Crippen molar-refractivity contribution in [3.05, 3.63) is 51.3 Å². The number of aryl methyl sites for hydroxylation is 4. The number of benzene rings is 1. The van der Waals surface area contributed by atoms with Gasteiger partial charge in [-0.2, -0.15) is 5.10 Å². The molecule has 1 N–H and O–H groups in total. The number of nitrogens with one attached hydrogen (secondary N) is 1. The van der Waals surface area contributed by atoms with Crippen LogP contribution in [0.15, 0.2) is 18.2 Å². The highest BCUT2D eigenvalue weighted by Gasteiger charge is 2.10. The van der Waals surface area contributed by atoms with Crippen LogP contribution in [0.1, 0.15) is 39.3 Å². The minimum absolute atomic E-state index is 0.0207. The highest BCUT2D eigenvalue weighted by Crippen LogP contribution is 2.18. The van der Waals surface area contributed by atoms with Gasteiger partial charge in [-0.05, 0) is 45.7 Å². The van der Waals surface area contributed by atoms with Crippen molar-refractivity contribution in [1.82, 2.24) is 15.1 Å². The minimum Gasteiger partial charge on any atom is -0.352 e. The fourth-order valence-corrected chi connectivity index (χ4v) is 2.53. The molecule has 2 rings (SSSR count). The maximum atomic E-state index is 12.2. The molecule has 0 unspecified atom stereocenters. The molecule has 1 aromatic heterocycles. The van der Waals surface area contributed by atoms with E-state index < -0.39 is 0 Å². The van der Waals surface area contributed by atoms with Gasteiger partial charge in [0.1, 0.15) is 0 Å². The monoisotopic (exact) mass is 319 g/mol. The molecule has 4 nitrogen and oxygen atoms in total. The van der Waals surface area contributed by atoms with Gasteiger partial charge in [-0.1, -0.05) is 29.3 Å². The Morgan fingerprint density at radius 1 is 1.27 bits per heavy atom. The summed E-state index contributed by atoms with van der Waals surface area (Å²) in [4.78, 5) is 12.2. The van der Waals surface area contributed by atoms with E-state index >= 15 is 0 Å². The average Bonchev–Trinajstić information content (AvgIpc) is 2.73. The lowest BCUT2D eigenvalue weighted by Crippen LogP contribution is -2.26. The third-order valence-corrected chi connectivity index (χ3v) is 4.31. The van der Waals surface area contributed by atoms with Gasteiger partial charge in [0.25, 0.3) is 5.91 Å². The molecular formula is C17H22ClN3O. The van der Waals surface area contributed by atoms with E-state index in [1.165, 1.54) is 0 Å². The average molecular weight is 320 g/mol. The predicted octanol–water partition coefficient (Wildman–Crippen LogP) is 3.59. The van der Waals surface area contributed by atoms with Crippen LogP contribution in [0.3, 0.4) is 0 Å². The maximum Gasteiger partial charge on any atom is 0.251 e. The summed E-state index contributed by atoms with van der Waals surface area (Å²) in [5, 5.41) is 8.07. The van der Waals surface area contributed by atoms with E-state index in [0.29, 0.717) is 6.54 Å². The Morgan fingerprint density at radius 2 is 2.00 bits per heavy atom. The van der Waals surface area contributed by atoms with Gasteiger partial charge < -0.3 is 5.32 Å². The summed E-state index contributed by atoms with van der Waals surface area (Å²) in [5.74, 6) is -0.0207. The van der Waals surface area contributed by atoms with Gasteiger partial charge in [-0.3, -0.25) is 9.48 Å². The first-order valence-corrected chi connectivity index (χ1v) is 7.83. The number of nitrogens with zero attached hydrogens (tertiary/aromatic N) is 2. The largest absolute Gasteiger partial charge is 0.352 e. The Bertz CT molecular complexity index is 691. The first kappa shape index (κ1) is 16.6. The molecule has 0 fully saturated rings. The van der Waals surface area contributed by atoms with Gasteiger partial charge in [-0.25, -0.2) is 0 Å². The van der Waals surface area contributed by atoms with Gasteiger partial charge in [0.05, 0.1) is 16.4 Å². The van der Waals surface area contributed by atoms with Crippen molar-refractivity contribution >= 4 is 17.5 Å². The molecule has 5 heteroatoms. The number of amides is 1. The van der Waals surface area contributed by atoms with Crippen LogP contribution in [0.5, 0.6) is 0 Å². The molecule has 0 radical (unpaired) electrons. The maximum absolute atomic E-state index is 12.2. The fourth-order valence-electron chi connectivity index (χ4n) is 2.40. The molecule has 0 saturated carbocycles. The molecule has 118 valence electrons. The third-order valence-electron chi connectivity index (χ3n) is 3.76. The number of hydrogen-bond donors (Lipinski definition) is 1. The van der Waals surface area contributed by atoms with Gasteiger partial charge in [-0.15, -0.1) is 0 Å². The number of halogens is 1. The second-order valence-electron chi connectivity index (χ2n) is 5.64. The first-order valence-electron chi connectivity index (χ1n) is 7.45. The fraction of sp³-hybridized carbons (Fsp3) is 0.412. The topological polar surface area (TPSA) is 46.9 Å². The highest BCUT2D eigenvalue weighted by atomic mass is 35.5. The van der Waals surface area contributed by atoms with E-state index in [4.69, 9.17) is 11.6 Å². The summed E-state index contributed by atoms with van der Waals surface area (Å²) in [6.07, 6.45) is 0.814. The van der Waals surface area contributed by atoms with E-state index in [-0.39, 0.29) is 5.91 Å². The molecule has 0 bridgehead atoms. The smallest absolute Gasteiger partial charge is 0.251 e. The zero-order valence-corrected chi connectivity index (χ0v) is 14.3. The molecule has 0 atom stereocenters. The van der Waals surface area contributed by atoms with Crippen molar-refractivity contribution in [2.45, 2.75) is 40.7 Å². The first-order chi connectivity index (χ1) is 10.4. The van der Waals surface area contributed by atoms with Crippen molar-refractivity contribution in [2.75, 3.05) is 6.54 Å². The second kappa shape index (κ2) is 6.97. The predicted molar refractivity (Wildman–Crippen MR) is 89.6 cm³/mol. The number of rotatable bonds is 5. The van der Waals surface area contributed by atoms with Crippen LogP contribution >= 0.6 is 11.6 Å². The second-order valence-corrected chi connectivity index (χ2v) is 6.01. The van der Waals surface area contributed by atoms with Crippen molar-refractivity contribution in [2.24, 2.45) is 0 Å². The Hall–Kier alpha value is -1.81. The SMILES string of the molecule is Cc1ccc(C)c(C(=O)NCCCn2nc(C)c(Cl)c2C)c1. The molecule has 0 aliphatic rings. The van der Waals surface area contributed by atoms with E-state index in [0.717, 1.165) is 46.1 Å². The summed E-state index contributed by atoms with van der Waals surface area (Å²) in [7, 11) is 0. The summed E-state index contributed by atoms with van der Waals surface area (Å²) in [6.45, 7) is 9.15. The van der Waals surface area contributed by atoms with E-state index in [1.807, 2.05) is 50.6 Å². The Morgan fingerprint density at radius 3 is 2.64 bits per heavy atom. The molecule has 1 heterocycles. The molecule has 0 spiro atoms. The molecule has 0 aliphatic heterocycles.